The summed E-state index contributed by atoms with van der Waals surface area (Å²) in [5.74, 6) is 0. The molecule has 0 radical (unpaired) electrons. The van der Waals surface area contributed by atoms with Crippen LogP contribution in [0.25, 0.3) is 5.57 Å². The zero-order valence-corrected chi connectivity index (χ0v) is 16.1. The van der Waals surface area contributed by atoms with Gasteiger partial charge in [0.2, 0.25) is 0 Å². The van der Waals surface area contributed by atoms with Gasteiger partial charge in [-0.2, -0.15) is 0 Å². The van der Waals surface area contributed by atoms with Crippen LogP contribution in [0, 0.1) is 0 Å². The summed E-state index contributed by atoms with van der Waals surface area (Å²) in [5, 5.41) is 10.4. The van der Waals surface area contributed by atoms with Crippen LogP contribution in [0.15, 0.2) is 30.3 Å². The summed E-state index contributed by atoms with van der Waals surface area (Å²) in [6.45, 7) is 9.25. The Morgan fingerprint density at radius 1 is 1.27 bits per heavy atom. The summed E-state index contributed by atoms with van der Waals surface area (Å²) in [6, 6.07) is 8.18. The monoisotopic (exact) mass is 359 g/mol. The highest BCUT2D eigenvalue weighted by molar-refractivity contribution is 5.78. The Labute approximate surface area is 155 Å². The Kier molecular flexibility index (Phi) is 5.13. The summed E-state index contributed by atoms with van der Waals surface area (Å²) in [5.41, 5.74) is 2.48. The quantitative estimate of drug-likeness (QED) is 0.836. The number of fused-ring (bicyclic) bond motifs is 2. The van der Waals surface area contributed by atoms with Gasteiger partial charge in [0.05, 0.1) is 0 Å². The molecule has 1 amide bonds. The van der Waals surface area contributed by atoms with Crippen LogP contribution in [0.2, 0.25) is 0 Å². The van der Waals surface area contributed by atoms with Gasteiger partial charge in [-0.25, -0.2) is 4.79 Å². The van der Waals surface area contributed by atoms with E-state index in [1.54, 1.807) is 4.90 Å². The number of carbonyl (C=O) groups is 1. The Bertz CT molecular complexity index is 696. The van der Waals surface area contributed by atoms with Crippen molar-refractivity contribution in [3.63, 3.8) is 0 Å². The van der Waals surface area contributed by atoms with Gasteiger partial charge < -0.3 is 19.5 Å². The first-order valence-corrected chi connectivity index (χ1v) is 9.36. The Hall–Kier alpha value is -1.85. The molecule has 1 N–H and O–H groups in total. The summed E-state index contributed by atoms with van der Waals surface area (Å²) in [7, 11) is 0. The Balaban J connectivity index is 1.80. The number of aliphatic hydroxyl groups is 1. The number of aliphatic hydroxyl groups excluding tert-OH is 1. The van der Waals surface area contributed by atoms with E-state index in [1.165, 1.54) is 5.56 Å². The van der Waals surface area contributed by atoms with Crippen molar-refractivity contribution in [2.45, 2.75) is 57.8 Å². The van der Waals surface area contributed by atoms with Crippen molar-refractivity contribution < 1.29 is 19.4 Å². The number of rotatable bonds is 3. The average molecular weight is 359 g/mol. The number of hydrogen-bond acceptors (Lipinski definition) is 4. The number of nitrogens with zero attached hydrogens (tertiary/aromatic N) is 1. The number of ether oxygens (including phenoxy) is 2. The van der Waals surface area contributed by atoms with Crippen molar-refractivity contribution in [2.75, 3.05) is 19.7 Å². The number of hydrogen-bond donors (Lipinski definition) is 1. The third-order valence-electron chi connectivity index (χ3n) is 5.10. The van der Waals surface area contributed by atoms with Crippen molar-refractivity contribution in [1.29, 1.82) is 0 Å². The van der Waals surface area contributed by atoms with E-state index in [1.807, 2.05) is 45.9 Å². The van der Waals surface area contributed by atoms with Gasteiger partial charge in [0.15, 0.2) is 6.29 Å². The zero-order valence-electron chi connectivity index (χ0n) is 16.1. The third-order valence-corrected chi connectivity index (χ3v) is 5.10. The lowest BCUT2D eigenvalue weighted by Crippen LogP contribution is -2.45. The Morgan fingerprint density at radius 2 is 1.92 bits per heavy atom. The van der Waals surface area contributed by atoms with Gasteiger partial charge in [-0.1, -0.05) is 30.3 Å². The lowest BCUT2D eigenvalue weighted by molar-refractivity contribution is -0.0511. The average Bonchev–Trinajstić information content (AvgIpc) is 2.89. The lowest BCUT2D eigenvalue weighted by atomic mass is 9.74. The van der Waals surface area contributed by atoms with Crippen molar-refractivity contribution in [1.82, 2.24) is 4.90 Å². The maximum absolute atomic E-state index is 12.3. The molecule has 0 aromatic heterocycles. The molecule has 3 rings (SSSR count). The summed E-state index contributed by atoms with van der Waals surface area (Å²) >= 11 is 0. The molecule has 2 aliphatic rings. The molecule has 142 valence electrons. The number of benzene rings is 1. The van der Waals surface area contributed by atoms with Gasteiger partial charge in [0.1, 0.15) is 5.60 Å². The molecule has 1 aliphatic carbocycles. The van der Waals surface area contributed by atoms with Crippen molar-refractivity contribution >= 4 is 11.7 Å². The van der Waals surface area contributed by atoms with E-state index in [2.05, 4.69) is 12.1 Å². The fraction of sp³-hybridized carbons (Fsp3) is 0.571. The standard InChI is InChI=1S/C21H29NO4/c1-5-25-18(23)16-14-21(17-9-7-6-8-15(16)17)10-12-22(13-11-21)19(24)26-20(2,3)4/h6-9,14,18,23H,5,10-13H2,1-4H3. The fourth-order valence-electron chi connectivity index (χ4n) is 3.90. The molecule has 1 aromatic rings. The second-order valence-corrected chi connectivity index (χ2v) is 8.08. The van der Waals surface area contributed by atoms with Crippen molar-refractivity contribution in [3.05, 3.63) is 41.5 Å². The van der Waals surface area contributed by atoms with Crippen molar-refractivity contribution in [2.24, 2.45) is 0 Å². The number of likely N-dealkylation sites (tertiary alicyclic amines) is 1. The van der Waals surface area contributed by atoms with Gasteiger partial charge in [-0.15, -0.1) is 0 Å². The van der Waals surface area contributed by atoms with Crippen LogP contribution >= 0.6 is 0 Å². The normalized spacial score (nSPS) is 19.9. The topological polar surface area (TPSA) is 59.0 Å². The zero-order chi connectivity index (χ0) is 18.9. The van der Waals surface area contributed by atoms with Gasteiger partial charge in [0.25, 0.3) is 0 Å². The summed E-state index contributed by atoms with van der Waals surface area (Å²) in [4.78, 5) is 14.1. The molecular formula is C21H29NO4. The highest BCUT2D eigenvalue weighted by Crippen LogP contribution is 2.48. The van der Waals surface area contributed by atoms with E-state index in [-0.39, 0.29) is 11.5 Å². The van der Waals surface area contributed by atoms with Crippen LogP contribution in [-0.2, 0) is 14.9 Å². The molecule has 0 saturated carbocycles. The molecule has 1 aromatic carbocycles. The van der Waals surface area contributed by atoms with Crippen LogP contribution in [0.3, 0.4) is 0 Å². The largest absolute Gasteiger partial charge is 0.444 e. The first kappa shape index (κ1) is 18.9. The molecule has 5 heteroatoms. The first-order valence-electron chi connectivity index (χ1n) is 9.36. The van der Waals surface area contributed by atoms with E-state index in [0.29, 0.717) is 19.7 Å². The molecule has 1 aliphatic heterocycles. The first-order chi connectivity index (χ1) is 12.3. The number of piperidine rings is 1. The second-order valence-electron chi connectivity index (χ2n) is 8.08. The smallest absolute Gasteiger partial charge is 0.410 e. The third kappa shape index (κ3) is 3.64. The predicted molar refractivity (Wildman–Crippen MR) is 101 cm³/mol. The minimum Gasteiger partial charge on any atom is -0.444 e. The Morgan fingerprint density at radius 3 is 2.54 bits per heavy atom. The van der Waals surface area contributed by atoms with Crippen LogP contribution in [0.5, 0.6) is 0 Å². The molecule has 5 nitrogen and oxygen atoms in total. The summed E-state index contributed by atoms with van der Waals surface area (Å²) in [6.07, 6.45) is 2.61. The molecule has 1 saturated heterocycles. The molecule has 1 unspecified atom stereocenters. The van der Waals surface area contributed by atoms with E-state index >= 15 is 0 Å². The van der Waals surface area contributed by atoms with Gasteiger partial charge >= 0.3 is 6.09 Å². The van der Waals surface area contributed by atoms with Crippen LogP contribution in [0.4, 0.5) is 4.79 Å². The highest BCUT2D eigenvalue weighted by atomic mass is 16.6. The van der Waals surface area contributed by atoms with Gasteiger partial charge in [0, 0.05) is 30.7 Å². The maximum Gasteiger partial charge on any atom is 0.410 e. The molecule has 26 heavy (non-hydrogen) atoms. The number of carbonyl (C=O) groups excluding carboxylic acids is 1. The number of allylic oxidation sites excluding steroid dienone is 1. The van der Waals surface area contributed by atoms with E-state index in [0.717, 1.165) is 24.0 Å². The van der Waals surface area contributed by atoms with E-state index in [9.17, 15) is 9.90 Å². The lowest BCUT2D eigenvalue weighted by Gasteiger charge is -2.39. The molecule has 1 spiro atoms. The molecule has 1 heterocycles. The van der Waals surface area contributed by atoms with E-state index < -0.39 is 11.9 Å². The molecular weight excluding hydrogens is 330 g/mol. The molecule has 1 atom stereocenters. The van der Waals surface area contributed by atoms with Gasteiger partial charge in [-0.05, 0) is 51.7 Å². The molecule has 0 bridgehead atoms. The highest BCUT2D eigenvalue weighted by Gasteiger charge is 2.43. The maximum atomic E-state index is 12.3. The summed E-state index contributed by atoms with van der Waals surface area (Å²) < 4.78 is 10.9. The predicted octanol–water partition coefficient (Wildman–Crippen LogP) is 3.71. The van der Waals surface area contributed by atoms with E-state index in [4.69, 9.17) is 9.47 Å². The molecule has 1 fully saturated rings. The number of amides is 1. The van der Waals surface area contributed by atoms with Crippen LogP contribution < -0.4 is 0 Å². The minimum absolute atomic E-state index is 0.150. The van der Waals surface area contributed by atoms with Gasteiger partial charge in [-0.3, -0.25) is 0 Å². The SMILES string of the molecule is CCOC(O)C1=CC2(CCN(C(=O)OC(C)(C)C)CC2)c2ccccc21. The minimum atomic E-state index is -0.913. The van der Waals surface area contributed by atoms with Crippen molar-refractivity contribution in [3.8, 4) is 0 Å². The second kappa shape index (κ2) is 7.05. The fourth-order valence-corrected chi connectivity index (χ4v) is 3.90. The van der Waals surface area contributed by atoms with Crippen LogP contribution in [-0.4, -0.2) is 47.7 Å². The van der Waals surface area contributed by atoms with Crippen LogP contribution in [0.1, 0.15) is 51.7 Å².